The number of nitrogens with zero attached hydrogens (tertiary/aromatic N) is 2. The van der Waals surface area contributed by atoms with Crippen LogP contribution in [0.5, 0.6) is 0 Å². The van der Waals surface area contributed by atoms with E-state index in [0.29, 0.717) is 18.9 Å². The lowest BCUT2D eigenvalue weighted by molar-refractivity contribution is 0.201. The van der Waals surface area contributed by atoms with Gasteiger partial charge in [-0.1, -0.05) is 31.0 Å². The number of halogens is 1. The van der Waals surface area contributed by atoms with Crippen molar-refractivity contribution in [1.82, 2.24) is 9.36 Å². The number of ether oxygens (including phenoxy) is 1. The minimum Gasteiger partial charge on any atom is -0.384 e. The zero-order valence-corrected chi connectivity index (χ0v) is 14.1. The summed E-state index contributed by atoms with van der Waals surface area (Å²) in [4.78, 5) is 4.51. The van der Waals surface area contributed by atoms with Crippen LogP contribution in [0.15, 0.2) is 24.3 Å². The fourth-order valence-electron chi connectivity index (χ4n) is 3.21. The Morgan fingerprint density at radius 1 is 1.35 bits per heavy atom. The van der Waals surface area contributed by atoms with Gasteiger partial charge in [-0.15, -0.1) is 0 Å². The molecule has 23 heavy (non-hydrogen) atoms. The first-order valence-electron chi connectivity index (χ1n) is 8.10. The topological polar surface area (TPSA) is 47.0 Å². The van der Waals surface area contributed by atoms with E-state index in [1.165, 1.54) is 30.4 Å². The normalized spacial score (nSPS) is 16.6. The monoisotopic (exact) mass is 335 g/mol. The lowest BCUT2D eigenvalue weighted by Gasteiger charge is -2.25. The summed E-state index contributed by atoms with van der Waals surface area (Å²) >= 11 is 1.34. The van der Waals surface area contributed by atoms with Gasteiger partial charge in [0.25, 0.3) is 0 Å². The van der Waals surface area contributed by atoms with Gasteiger partial charge in [0, 0.05) is 30.6 Å². The summed E-state index contributed by atoms with van der Waals surface area (Å²) in [6.07, 6.45) is 5.38. The number of hydrogen-bond donors (Lipinski definition) is 1. The van der Waals surface area contributed by atoms with Crippen molar-refractivity contribution in [1.29, 1.82) is 0 Å². The van der Waals surface area contributed by atoms with Gasteiger partial charge in [0.1, 0.15) is 11.6 Å². The molecule has 4 nitrogen and oxygen atoms in total. The Morgan fingerprint density at radius 3 is 2.87 bits per heavy atom. The predicted octanol–water partition coefficient (Wildman–Crippen LogP) is 4.21. The quantitative estimate of drug-likeness (QED) is 0.823. The van der Waals surface area contributed by atoms with E-state index in [1.54, 1.807) is 13.2 Å². The summed E-state index contributed by atoms with van der Waals surface area (Å²) in [5, 5.41) is 4.20. The van der Waals surface area contributed by atoms with Gasteiger partial charge in [-0.3, -0.25) is 0 Å². The molecule has 0 amide bonds. The molecule has 0 bridgehead atoms. The molecule has 1 atom stereocenters. The van der Waals surface area contributed by atoms with Crippen LogP contribution in [-0.2, 0) is 11.2 Å². The minimum atomic E-state index is -0.152. The number of aromatic nitrogens is 2. The Labute approximate surface area is 140 Å². The maximum atomic E-state index is 14.3. The molecule has 1 aliphatic carbocycles. The average Bonchev–Trinajstić information content (AvgIpc) is 3.23. The number of hydrogen-bond acceptors (Lipinski definition) is 5. The highest BCUT2D eigenvalue weighted by molar-refractivity contribution is 7.09. The summed E-state index contributed by atoms with van der Waals surface area (Å²) in [6, 6.07) is 6.99. The number of benzene rings is 1. The third-order valence-corrected chi connectivity index (χ3v) is 5.07. The van der Waals surface area contributed by atoms with Crippen LogP contribution >= 0.6 is 11.5 Å². The van der Waals surface area contributed by atoms with E-state index < -0.39 is 0 Å². The second-order valence-electron chi connectivity index (χ2n) is 5.95. The molecule has 0 aliphatic heterocycles. The van der Waals surface area contributed by atoms with Crippen molar-refractivity contribution >= 4 is 16.7 Å². The Morgan fingerprint density at radius 2 is 2.13 bits per heavy atom. The van der Waals surface area contributed by atoms with Crippen LogP contribution in [0.3, 0.4) is 0 Å². The fraction of sp³-hybridized carbons (Fsp3) is 0.529. The molecule has 2 aromatic rings. The van der Waals surface area contributed by atoms with Crippen molar-refractivity contribution < 1.29 is 9.13 Å². The summed E-state index contributed by atoms with van der Waals surface area (Å²) in [5.74, 6) is 1.07. The molecule has 1 aromatic heterocycles. The van der Waals surface area contributed by atoms with Gasteiger partial charge >= 0.3 is 0 Å². The minimum absolute atomic E-state index is 0.0399. The van der Waals surface area contributed by atoms with Crippen molar-refractivity contribution in [2.45, 2.75) is 38.1 Å². The second kappa shape index (κ2) is 7.84. The SMILES string of the molecule is COCCc1nsc(NC(c2ccccc2F)C2CCCC2)n1. The Hall–Kier alpha value is -1.53. The van der Waals surface area contributed by atoms with E-state index in [0.717, 1.165) is 29.4 Å². The van der Waals surface area contributed by atoms with Crippen LogP contribution in [0.25, 0.3) is 0 Å². The van der Waals surface area contributed by atoms with Gasteiger partial charge in [-0.05, 0) is 24.8 Å². The van der Waals surface area contributed by atoms with Crippen molar-refractivity contribution in [3.05, 3.63) is 41.5 Å². The van der Waals surface area contributed by atoms with Gasteiger partial charge in [0.15, 0.2) is 0 Å². The Bertz CT molecular complexity index is 628. The summed E-state index contributed by atoms with van der Waals surface area (Å²) in [7, 11) is 1.67. The third-order valence-electron chi connectivity index (χ3n) is 4.39. The van der Waals surface area contributed by atoms with Gasteiger partial charge < -0.3 is 10.1 Å². The molecule has 1 saturated carbocycles. The van der Waals surface area contributed by atoms with E-state index in [2.05, 4.69) is 14.7 Å². The molecular weight excluding hydrogens is 313 g/mol. The number of nitrogens with one attached hydrogen (secondary N) is 1. The van der Waals surface area contributed by atoms with Crippen LogP contribution < -0.4 is 5.32 Å². The molecule has 0 radical (unpaired) electrons. The first kappa shape index (κ1) is 16.3. The van der Waals surface area contributed by atoms with Gasteiger partial charge in [0.05, 0.1) is 12.6 Å². The maximum Gasteiger partial charge on any atom is 0.203 e. The maximum absolute atomic E-state index is 14.3. The average molecular weight is 335 g/mol. The van der Waals surface area contributed by atoms with Crippen molar-refractivity contribution in [2.24, 2.45) is 5.92 Å². The van der Waals surface area contributed by atoms with Gasteiger partial charge in [-0.2, -0.15) is 4.37 Å². The highest BCUT2D eigenvalue weighted by atomic mass is 32.1. The van der Waals surface area contributed by atoms with Crippen molar-refractivity contribution in [3.8, 4) is 0 Å². The van der Waals surface area contributed by atoms with Crippen LogP contribution in [-0.4, -0.2) is 23.1 Å². The lowest BCUT2D eigenvalue weighted by Crippen LogP contribution is -2.20. The van der Waals surface area contributed by atoms with E-state index in [4.69, 9.17) is 4.74 Å². The summed E-state index contributed by atoms with van der Waals surface area (Å²) in [5.41, 5.74) is 0.730. The number of rotatable bonds is 7. The molecule has 0 spiro atoms. The molecule has 1 fully saturated rings. The van der Waals surface area contributed by atoms with E-state index in [9.17, 15) is 4.39 Å². The van der Waals surface area contributed by atoms with Crippen molar-refractivity contribution in [2.75, 3.05) is 19.0 Å². The standard InChI is InChI=1S/C17H22FN3OS/c1-22-11-10-15-19-17(23-21-15)20-16(12-6-2-3-7-12)13-8-4-5-9-14(13)18/h4-5,8-9,12,16H,2-3,6-7,10-11H2,1H3,(H,19,20,21). The number of anilines is 1. The highest BCUT2D eigenvalue weighted by Gasteiger charge is 2.29. The van der Waals surface area contributed by atoms with Crippen LogP contribution in [0, 0.1) is 11.7 Å². The molecule has 1 unspecified atom stereocenters. The molecule has 6 heteroatoms. The predicted molar refractivity (Wildman–Crippen MR) is 90.2 cm³/mol. The van der Waals surface area contributed by atoms with Crippen LogP contribution in [0.2, 0.25) is 0 Å². The van der Waals surface area contributed by atoms with E-state index >= 15 is 0 Å². The first-order valence-corrected chi connectivity index (χ1v) is 8.87. The second-order valence-corrected chi connectivity index (χ2v) is 6.70. The third kappa shape index (κ3) is 4.06. The molecule has 1 aromatic carbocycles. The molecule has 124 valence electrons. The molecular formula is C17H22FN3OS. The van der Waals surface area contributed by atoms with E-state index in [-0.39, 0.29) is 11.9 Å². The van der Waals surface area contributed by atoms with E-state index in [1.807, 2.05) is 12.1 Å². The first-order chi connectivity index (χ1) is 11.3. The van der Waals surface area contributed by atoms with Crippen LogP contribution in [0.1, 0.15) is 43.1 Å². The summed E-state index contributed by atoms with van der Waals surface area (Å²) in [6.45, 7) is 0.607. The van der Waals surface area contributed by atoms with Gasteiger partial charge in [-0.25, -0.2) is 9.37 Å². The Kier molecular flexibility index (Phi) is 5.56. The zero-order chi connectivity index (χ0) is 16.1. The van der Waals surface area contributed by atoms with Crippen molar-refractivity contribution in [3.63, 3.8) is 0 Å². The molecule has 0 saturated heterocycles. The number of methoxy groups -OCH3 is 1. The molecule has 1 heterocycles. The molecule has 3 rings (SSSR count). The largest absolute Gasteiger partial charge is 0.384 e. The molecule has 1 N–H and O–H groups in total. The van der Waals surface area contributed by atoms with Crippen LogP contribution in [0.4, 0.5) is 9.52 Å². The lowest BCUT2D eigenvalue weighted by atomic mass is 9.91. The smallest absolute Gasteiger partial charge is 0.203 e. The summed E-state index contributed by atoms with van der Waals surface area (Å²) < 4.78 is 23.7. The fourth-order valence-corrected chi connectivity index (χ4v) is 3.86. The molecule has 1 aliphatic rings. The zero-order valence-electron chi connectivity index (χ0n) is 13.3. The Balaban J connectivity index is 1.78. The highest BCUT2D eigenvalue weighted by Crippen LogP contribution is 2.38. The van der Waals surface area contributed by atoms with Gasteiger partial charge in [0.2, 0.25) is 5.13 Å².